The second-order valence-electron chi connectivity index (χ2n) is 8.64. The Labute approximate surface area is 221 Å². The highest BCUT2D eigenvalue weighted by Gasteiger charge is 2.17. The first-order valence-electron chi connectivity index (χ1n) is 12.5. The van der Waals surface area contributed by atoms with E-state index in [2.05, 4.69) is 24.1 Å². The molecular formula is C30H41N3O4. The number of amides is 2. The zero-order chi connectivity index (χ0) is 28.0. The molecule has 2 amide bonds. The van der Waals surface area contributed by atoms with Crippen molar-refractivity contribution in [2.75, 3.05) is 27.8 Å². The van der Waals surface area contributed by atoms with Crippen molar-refractivity contribution in [1.29, 1.82) is 0 Å². The SMILES string of the molecule is CC.CO.COc1ccc(CNC(=O)c2cc(C(=O)N(C)CC(C)C)cc(-c3ccc(C)cc3)c2)cn1. The fourth-order valence-corrected chi connectivity index (χ4v) is 3.57. The van der Waals surface area contributed by atoms with Crippen molar-refractivity contribution in [1.82, 2.24) is 15.2 Å². The summed E-state index contributed by atoms with van der Waals surface area (Å²) in [6, 6.07) is 17.0. The second-order valence-corrected chi connectivity index (χ2v) is 8.64. The van der Waals surface area contributed by atoms with Gasteiger partial charge in [0.05, 0.1) is 7.11 Å². The molecule has 0 saturated heterocycles. The number of aliphatic hydroxyl groups excluding tert-OH is 1. The van der Waals surface area contributed by atoms with Gasteiger partial charge in [0.15, 0.2) is 0 Å². The Bertz CT molecular complexity index is 1110. The number of hydrogen-bond donors (Lipinski definition) is 2. The standard InChI is InChI=1S/C27H31N3O3.C2H6.CH4O/c1-18(2)17-30(4)27(32)24-13-22(21-9-6-19(3)7-10-21)12-23(14-24)26(31)29-16-20-8-11-25(33-5)28-15-20;2*1-2/h6-15,18H,16-17H2,1-5H3,(H,29,31);1-2H3;2H,1H3. The number of carbonyl (C=O) groups is 2. The van der Waals surface area contributed by atoms with Gasteiger partial charge in [0.2, 0.25) is 5.88 Å². The van der Waals surface area contributed by atoms with Crippen LogP contribution in [0, 0.1) is 12.8 Å². The Kier molecular flexibility index (Phi) is 13.6. The normalized spacial score (nSPS) is 9.89. The molecule has 1 heterocycles. The molecule has 0 bridgehead atoms. The first kappa shape index (κ1) is 31.3. The van der Waals surface area contributed by atoms with Crippen molar-refractivity contribution >= 4 is 11.8 Å². The van der Waals surface area contributed by atoms with E-state index in [4.69, 9.17) is 9.84 Å². The van der Waals surface area contributed by atoms with Crippen molar-refractivity contribution < 1.29 is 19.4 Å². The van der Waals surface area contributed by atoms with Gasteiger partial charge in [-0.1, -0.05) is 63.6 Å². The molecule has 200 valence electrons. The van der Waals surface area contributed by atoms with Gasteiger partial charge < -0.3 is 20.1 Å². The van der Waals surface area contributed by atoms with Gasteiger partial charge in [-0.3, -0.25) is 9.59 Å². The zero-order valence-corrected chi connectivity index (χ0v) is 23.3. The van der Waals surface area contributed by atoms with E-state index >= 15 is 0 Å². The summed E-state index contributed by atoms with van der Waals surface area (Å²) in [4.78, 5) is 32.0. The minimum atomic E-state index is -0.250. The van der Waals surface area contributed by atoms with Crippen molar-refractivity contribution in [3.05, 3.63) is 83.0 Å². The lowest BCUT2D eigenvalue weighted by Gasteiger charge is -2.20. The Balaban J connectivity index is 0.00000163. The molecule has 7 nitrogen and oxygen atoms in total. The topological polar surface area (TPSA) is 91.8 Å². The minimum Gasteiger partial charge on any atom is -0.481 e. The van der Waals surface area contributed by atoms with E-state index in [1.165, 1.54) is 0 Å². The van der Waals surface area contributed by atoms with Gasteiger partial charge in [0.1, 0.15) is 0 Å². The van der Waals surface area contributed by atoms with Crippen LogP contribution < -0.4 is 10.1 Å². The number of hydrogen-bond acceptors (Lipinski definition) is 5. The Hall–Kier alpha value is -3.71. The van der Waals surface area contributed by atoms with Gasteiger partial charge in [-0.05, 0) is 47.7 Å². The van der Waals surface area contributed by atoms with Crippen LogP contribution in [0.4, 0.5) is 0 Å². The molecule has 3 rings (SSSR count). The Morgan fingerprint density at radius 2 is 1.59 bits per heavy atom. The van der Waals surface area contributed by atoms with Gasteiger partial charge in [-0.15, -0.1) is 0 Å². The molecular weight excluding hydrogens is 466 g/mol. The predicted molar refractivity (Wildman–Crippen MR) is 150 cm³/mol. The monoisotopic (exact) mass is 507 g/mol. The highest BCUT2D eigenvalue weighted by atomic mass is 16.5. The van der Waals surface area contributed by atoms with Crippen molar-refractivity contribution in [2.45, 2.75) is 41.2 Å². The number of nitrogens with zero attached hydrogens (tertiary/aromatic N) is 2. The predicted octanol–water partition coefficient (Wildman–Crippen LogP) is 5.36. The number of ether oxygens (including phenoxy) is 1. The van der Waals surface area contributed by atoms with Crippen LogP contribution in [-0.4, -0.2) is 54.6 Å². The molecule has 0 saturated carbocycles. The molecule has 2 N–H and O–H groups in total. The average Bonchev–Trinajstić information content (AvgIpc) is 2.93. The second kappa shape index (κ2) is 16.1. The fourth-order valence-electron chi connectivity index (χ4n) is 3.57. The van der Waals surface area contributed by atoms with E-state index < -0.39 is 0 Å². The average molecular weight is 508 g/mol. The molecule has 0 aliphatic rings. The fraction of sp³-hybridized carbons (Fsp3) is 0.367. The quantitative estimate of drug-likeness (QED) is 0.428. The molecule has 7 heteroatoms. The van der Waals surface area contributed by atoms with Gasteiger partial charge in [0.25, 0.3) is 11.8 Å². The van der Waals surface area contributed by atoms with Gasteiger partial charge in [-0.25, -0.2) is 4.98 Å². The summed E-state index contributed by atoms with van der Waals surface area (Å²) in [5.41, 5.74) is 4.72. The van der Waals surface area contributed by atoms with Gasteiger partial charge >= 0.3 is 0 Å². The summed E-state index contributed by atoms with van der Waals surface area (Å²) in [5.74, 6) is 0.510. The van der Waals surface area contributed by atoms with E-state index in [0.717, 1.165) is 29.4 Å². The van der Waals surface area contributed by atoms with Crippen LogP contribution in [0.3, 0.4) is 0 Å². The third kappa shape index (κ3) is 9.69. The van der Waals surface area contributed by atoms with Crippen LogP contribution in [0.2, 0.25) is 0 Å². The molecule has 1 aromatic heterocycles. The molecule has 0 aliphatic carbocycles. The van der Waals surface area contributed by atoms with Gasteiger partial charge in [0, 0.05) is 50.6 Å². The Morgan fingerprint density at radius 3 is 2.14 bits per heavy atom. The first-order valence-corrected chi connectivity index (χ1v) is 12.5. The summed E-state index contributed by atoms with van der Waals surface area (Å²) in [6.07, 6.45) is 1.66. The van der Waals surface area contributed by atoms with Crippen molar-refractivity contribution in [2.24, 2.45) is 5.92 Å². The number of rotatable bonds is 8. The first-order chi connectivity index (χ1) is 17.8. The van der Waals surface area contributed by atoms with Crippen LogP contribution in [0.25, 0.3) is 11.1 Å². The zero-order valence-electron chi connectivity index (χ0n) is 23.3. The number of pyridine rings is 1. The summed E-state index contributed by atoms with van der Waals surface area (Å²) in [6.45, 7) is 11.1. The number of benzene rings is 2. The van der Waals surface area contributed by atoms with Crippen molar-refractivity contribution in [3.63, 3.8) is 0 Å². The molecule has 37 heavy (non-hydrogen) atoms. The number of aliphatic hydroxyl groups is 1. The number of aromatic nitrogens is 1. The van der Waals surface area contributed by atoms with Crippen LogP contribution in [0.15, 0.2) is 60.8 Å². The van der Waals surface area contributed by atoms with E-state index in [9.17, 15) is 9.59 Å². The lowest BCUT2D eigenvalue weighted by atomic mass is 9.98. The molecule has 0 unspecified atom stereocenters. The van der Waals surface area contributed by atoms with E-state index in [0.29, 0.717) is 36.0 Å². The lowest BCUT2D eigenvalue weighted by Crippen LogP contribution is -2.30. The van der Waals surface area contributed by atoms with E-state index in [-0.39, 0.29) is 11.8 Å². The smallest absolute Gasteiger partial charge is 0.253 e. The van der Waals surface area contributed by atoms with Crippen LogP contribution >= 0.6 is 0 Å². The highest BCUT2D eigenvalue weighted by Crippen LogP contribution is 2.24. The summed E-state index contributed by atoms with van der Waals surface area (Å²) in [5, 5.41) is 9.92. The third-order valence-electron chi connectivity index (χ3n) is 5.27. The van der Waals surface area contributed by atoms with Gasteiger partial charge in [-0.2, -0.15) is 0 Å². The van der Waals surface area contributed by atoms with Crippen LogP contribution in [-0.2, 0) is 6.54 Å². The number of methoxy groups -OCH3 is 1. The number of nitrogens with one attached hydrogen (secondary N) is 1. The maximum atomic E-state index is 13.1. The third-order valence-corrected chi connectivity index (χ3v) is 5.27. The molecule has 0 aliphatic heterocycles. The minimum absolute atomic E-state index is 0.105. The molecule has 0 spiro atoms. The summed E-state index contributed by atoms with van der Waals surface area (Å²) >= 11 is 0. The van der Waals surface area contributed by atoms with E-state index in [1.807, 2.05) is 63.2 Å². The van der Waals surface area contributed by atoms with Crippen LogP contribution in [0.1, 0.15) is 59.5 Å². The lowest BCUT2D eigenvalue weighted by molar-refractivity contribution is 0.0779. The molecule has 3 aromatic rings. The molecule has 0 atom stereocenters. The van der Waals surface area contributed by atoms with E-state index in [1.54, 1.807) is 37.4 Å². The summed E-state index contributed by atoms with van der Waals surface area (Å²) < 4.78 is 5.07. The van der Waals surface area contributed by atoms with Crippen LogP contribution in [0.5, 0.6) is 5.88 Å². The molecule has 0 radical (unpaired) electrons. The molecule has 2 aromatic carbocycles. The molecule has 0 fully saturated rings. The maximum Gasteiger partial charge on any atom is 0.253 e. The number of aryl methyl sites for hydroxylation is 1. The summed E-state index contributed by atoms with van der Waals surface area (Å²) in [7, 11) is 4.35. The Morgan fingerprint density at radius 1 is 0.973 bits per heavy atom. The largest absolute Gasteiger partial charge is 0.481 e. The maximum absolute atomic E-state index is 13.1. The highest BCUT2D eigenvalue weighted by molar-refractivity contribution is 6.01. The number of carbonyl (C=O) groups excluding carboxylic acids is 2. The van der Waals surface area contributed by atoms with Crippen molar-refractivity contribution in [3.8, 4) is 17.0 Å².